The van der Waals surface area contributed by atoms with Gasteiger partial charge in [0.1, 0.15) is 0 Å². The van der Waals surface area contributed by atoms with E-state index in [4.69, 9.17) is 4.74 Å². The van der Waals surface area contributed by atoms with Crippen LogP contribution >= 0.6 is 11.8 Å². The molecule has 4 rings (SSSR count). The van der Waals surface area contributed by atoms with Gasteiger partial charge in [-0.25, -0.2) is 4.98 Å². The van der Waals surface area contributed by atoms with Gasteiger partial charge in [0.15, 0.2) is 11.6 Å². The summed E-state index contributed by atoms with van der Waals surface area (Å²) in [6.07, 6.45) is 2.46. The minimum absolute atomic E-state index is 0.100. The molecule has 0 spiro atoms. The van der Waals surface area contributed by atoms with Crippen molar-refractivity contribution in [3.8, 4) is 11.4 Å². The smallest absolute Gasteiger partial charge is 0.209 e. The van der Waals surface area contributed by atoms with Crippen LogP contribution in [-0.2, 0) is 11.3 Å². The number of thioether (sulfide) groups is 1. The number of aromatic nitrogens is 4. The van der Waals surface area contributed by atoms with Gasteiger partial charge in [-0.1, -0.05) is 41.6 Å². The second-order valence-corrected chi connectivity index (χ2v) is 8.52. The second-order valence-electron chi connectivity index (χ2n) is 7.57. The van der Waals surface area contributed by atoms with E-state index in [2.05, 4.69) is 33.6 Å². The van der Waals surface area contributed by atoms with E-state index in [9.17, 15) is 4.79 Å². The van der Waals surface area contributed by atoms with Crippen LogP contribution in [0, 0.1) is 20.8 Å². The number of rotatable bonds is 7. The third kappa shape index (κ3) is 4.46. The molecule has 0 unspecified atom stereocenters. The van der Waals surface area contributed by atoms with Crippen LogP contribution in [0.1, 0.15) is 40.2 Å². The molecule has 0 bridgehead atoms. The number of hydrogen-bond donors (Lipinski definition) is 1. The number of aromatic amines is 1. The van der Waals surface area contributed by atoms with Crippen LogP contribution in [0.25, 0.3) is 11.4 Å². The van der Waals surface area contributed by atoms with Crippen molar-refractivity contribution in [2.24, 2.45) is 0 Å². The van der Waals surface area contributed by atoms with Crippen LogP contribution in [0.4, 0.5) is 0 Å². The Labute approximate surface area is 175 Å². The number of carbonyl (C=O) groups is 1. The molecular weight excluding hydrogens is 384 g/mol. The van der Waals surface area contributed by atoms with Crippen LogP contribution in [0.15, 0.2) is 35.5 Å². The molecular formula is C22H26N4O2S. The van der Waals surface area contributed by atoms with Gasteiger partial charge in [-0.05, 0) is 39.7 Å². The minimum Gasteiger partial charge on any atom is -0.376 e. The van der Waals surface area contributed by atoms with E-state index in [0.717, 1.165) is 54.3 Å². The summed E-state index contributed by atoms with van der Waals surface area (Å²) in [5.74, 6) is 1.13. The Morgan fingerprint density at radius 1 is 1.28 bits per heavy atom. The zero-order valence-corrected chi connectivity index (χ0v) is 17.9. The fourth-order valence-electron chi connectivity index (χ4n) is 3.72. The summed E-state index contributed by atoms with van der Waals surface area (Å²) in [6.45, 7) is 7.78. The number of H-pyrrole nitrogens is 1. The SMILES string of the molecule is Cc1ccc(-c2nc(SCC(=O)c3cc(C)n(C[C@H]4CCCO4)c3C)n[nH]2)cc1. The monoisotopic (exact) mass is 410 g/mol. The molecule has 0 saturated carbocycles. The first-order valence-corrected chi connectivity index (χ1v) is 10.9. The predicted molar refractivity (Wildman–Crippen MR) is 114 cm³/mol. The van der Waals surface area contributed by atoms with Gasteiger partial charge in [0.2, 0.25) is 5.16 Å². The van der Waals surface area contributed by atoms with Gasteiger partial charge < -0.3 is 9.30 Å². The highest BCUT2D eigenvalue weighted by Crippen LogP contribution is 2.24. The van der Waals surface area contributed by atoms with E-state index < -0.39 is 0 Å². The molecule has 3 heterocycles. The third-order valence-electron chi connectivity index (χ3n) is 5.41. The van der Waals surface area contributed by atoms with E-state index in [1.807, 2.05) is 37.3 Å². The Bertz CT molecular complexity index is 1000. The maximum Gasteiger partial charge on any atom is 0.209 e. The summed E-state index contributed by atoms with van der Waals surface area (Å²) in [5, 5.41) is 7.79. The topological polar surface area (TPSA) is 72.8 Å². The normalized spacial score (nSPS) is 16.4. The average molecular weight is 411 g/mol. The van der Waals surface area contributed by atoms with Crippen molar-refractivity contribution in [3.05, 3.63) is 52.8 Å². The van der Waals surface area contributed by atoms with E-state index in [0.29, 0.717) is 10.9 Å². The van der Waals surface area contributed by atoms with E-state index in [1.54, 1.807) is 0 Å². The maximum atomic E-state index is 12.8. The molecule has 0 aliphatic carbocycles. The molecule has 1 N–H and O–H groups in total. The number of carbonyl (C=O) groups excluding carboxylic acids is 1. The molecule has 1 aliphatic rings. The molecule has 3 aromatic rings. The predicted octanol–water partition coefficient (Wildman–Crippen LogP) is 4.35. The fraction of sp³-hybridized carbons (Fsp3) is 0.409. The summed E-state index contributed by atoms with van der Waals surface area (Å²) in [6, 6.07) is 10.1. The van der Waals surface area contributed by atoms with Gasteiger partial charge in [0.05, 0.1) is 11.9 Å². The standard InChI is InChI=1S/C22H26N4O2S/c1-14-6-8-17(9-7-14)21-23-22(25-24-21)29-13-20(27)19-11-15(2)26(16(19)3)12-18-5-4-10-28-18/h6-9,11,18H,4-5,10,12-13H2,1-3H3,(H,23,24,25)/t18-/m1/s1. The van der Waals surface area contributed by atoms with E-state index in [-0.39, 0.29) is 11.9 Å². The highest BCUT2D eigenvalue weighted by Gasteiger charge is 2.21. The first kappa shape index (κ1) is 19.9. The molecule has 1 saturated heterocycles. The molecule has 0 amide bonds. The second kappa shape index (κ2) is 8.55. The molecule has 1 atom stereocenters. The average Bonchev–Trinajstić information content (AvgIpc) is 3.45. The molecule has 152 valence electrons. The van der Waals surface area contributed by atoms with Crippen LogP contribution in [-0.4, -0.2) is 44.0 Å². The summed E-state index contributed by atoms with van der Waals surface area (Å²) in [7, 11) is 0. The van der Waals surface area contributed by atoms with E-state index in [1.165, 1.54) is 17.3 Å². The summed E-state index contributed by atoms with van der Waals surface area (Å²) in [5.41, 5.74) is 5.08. The Kier molecular flexibility index (Phi) is 5.87. The number of hydrogen-bond acceptors (Lipinski definition) is 5. The van der Waals surface area contributed by atoms with Crippen LogP contribution in [0.2, 0.25) is 0 Å². The molecule has 1 fully saturated rings. The Morgan fingerprint density at radius 2 is 2.07 bits per heavy atom. The van der Waals surface area contributed by atoms with Crippen LogP contribution in [0.5, 0.6) is 0 Å². The van der Waals surface area contributed by atoms with E-state index >= 15 is 0 Å². The van der Waals surface area contributed by atoms with Crippen molar-refractivity contribution in [1.82, 2.24) is 19.7 Å². The van der Waals surface area contributed by atoms with Gasteiger partial charge in [0, 0.05) is 35.7 Å². The summed E-state index contributed by atoms with van der Waals surface area (Å²) in [4.78, 5) is 17.3. The quantitative estimate of drug-likeness (QED) is 0.463. The summed E-state index contributed by atoms with van der Waals surface area (Å²) < 4.78 is 7.96. The Balaban J connectivity index is 1.40. The van der Waals surface area contributed by atoms with Gasteiger partial charge >= 0.3 is 0 Å². The molecule has 6 nitrogen and oxygen atoms in total. The zero-order valence-electron chi connectivity index (χ0n) is 17.1. The lowest BCUT2D eigenvalue weighted by molar-refractivity contribution is 0.0957. The lowest BCUT2D eigenvalue weighted by atomic mass is 10.1. The first-order valence-electron chi connectivity index (χ1n) is 9.95. The van der Waals surface area contributed by atoms with Gasteiger partial charge in [-0.3, -0.25) is 9.89 Å². The van der Waals surface area contributed by atoms with Crippen molar-refractivity contribution < 1.29 is 9.53 Å². The van der Waals surface area contributed by atoms with Crippen molar-refractivity contribution in [2.75, 3.05) is 12.4 Å². The van der Waals surface area contributed by atoms with Crippen LogP contribution < -0.4 is 0 Å². The molecule has 0 radical (unpaired) electrons. The number of nitrogens with zero attached hydrogens (tertiary/aromatic N) is 3. The Morgan fingerprint density at radius 3 is 2.79 bits per heavy atom. The maximum absolute atomic E-state index is 12.8. The molecule has 2 aromatic heterocycles. The van der Waals surface area contributed by atoms with Crippen molar-refractivity contribution in [3.63, 3.8) is 0 Å². The van der Waals surface area contributed by atoms with Crippen molar-refractivity contribution in [1.29, 1.82) is 0 Å². The zero-order chi connectivity index (χ0) is 20.4. The highest BCUT2D eigenvalue weighted by atomic mass is 32.2. The molecule has 1 aliphatic heterocycles. The summed E-state index contributed by atoms with van der Waals surface area (Å²) >= 11 is 1.36. The number of nitrogens with one attached hydrogen (secondary N) is 1. The van der Waals surface area contributed by atoms with Gasteiger partial charge in [-0.2, -0.15) is 0 Å². The number of ketones is 1. The number of ether oxygens (including phenoxy) is 1. The Hall–Kier alpha value is -2.38. The fourth-order valence-corrected chi connectivity index (χ4v) is 4.40. The van der Waals surface area contributed by atoms with Crippen LogP contribution in [0.3, 0.4) is 0 Å². The van der Waals surface area contributed by atoms with Gasteiger partial charge in [0.25, 0.3) is 0 Å². The molecule has 29 heavy (non-hydrogen) atoms. The minimum atomic E-state index is 0.100. The number of Topliss-reactive ketones (excluding diaryl/α,β-unsaturated/α-hetero) is 1. The first-order chi connectivity index (χ1) is 14.0. The van der Waals surface area contributed by atoms with Gasteiger partial charge in [-0.15, -0.1) is 5.10 Å². The lowest BCUT2D eigenvalue weighted by Gasteiger charge is -2.14. The third-order valence-corrected chi connectivity index (χ3v) is 6.25. The number of aryl methyl sites for hydroxylation is 2. The lowest BCUT2D eigenvalue weighted by Crippen LogP contribution is -2.17. The molecule has 1 aromatic carbocycles. The molecule has 7 heteroatoms. The highest BCUT2D eigenvalue weighted by molar-refractivity contribution is 7.99. The largest absolute Gasteiger partial charge is 0.376 e. The number of benzene rings is 1. The van der Waals surface area contributed by atoms with Crippen molar-refractivity contribution in [2.45, 2.75) is 51.4 Å². The van der Waals surface area contributed by atoms with Crippen molar-refractivity contribution >= 4 is 17.5 Å².